The fraction of sp³-hybridized carbons (Fsp3) is 0.600. The molecule has 4 fully saturated rings. The molecule has 1 aromatic rings. The maximum absolute atomic E-state index is 13.5. The first-order valence-electron chi connectivity index (χ1n) is 9.45. The zero-order valence-corrected chi connectivity index (χ0v) is 15.8. The zero-order chi connectivity index (χ0) is 21.0. The molecule has 9 heteroatoms. The highest BCUT2D eigenvalue weighted by Gasteiger charge is 2.81. The van der Waals surface area contributed by atoms with Gasteiger partial charge in [-0.05, 0) is 32.0 Å². The Morgan fingerprint density at radius 2 is 2.07 bits per heavy atom. The second-order valence-electron chi connectivity index (χ2n) is 8.69. The lowest BCUT2D eigenvalue weighted by atomic mass is 9.62. The largest absolute Gasteiger partial charge is 0.417 e. The molecule has 6 atom stereocenters. The van der Waals surface area contributed by atoms with Crippen molar-refractivity contribution >= 4 is 11.6 Å². The van der Waals surface area contributed by atoms with Crippen molar-refractivity contribution in [3.05, 3.63) is 29.3 Å². The second-order valence-corrected chi connectivity index (χ2v) is 8.69. The summed E-state index contributed by atoms with van der Waals surface area (Å²) in [5.74, 6) is -1.56. The number of hydrogen-bond acceptors (Lipinski definition) is 5. The molecule has 2 bridgehead atoms. The van der Waals surface area contributed by atoms with E-state index in [0.717, 1.165) is 12.1 Å². The monoisotopic (exact) mass is 408 g/mol. The molecule has 1 N–H and O–H groups in total. The molecule has 4 heterocycles. The Morgan fingerprint density at radius 1 is 1.34 bits per heavy atom. The van der Waals surface area contributed by atoms with Crippen molar-refractivity contribution in [1.29, 1.82) is 5.26 Å². The SMILES string of the molecule is C[C@@]12O[C@]3(CCO[C@]4(C)[C@H]3[C@H]1C(=O)N4c1ccc(C#N)c(C(F)(F)F)c1)C[C@@H]2O. The average Bonchev–Trinajstić information content (AvgIpc) is 3.15. The van der Waals surface area contributed by atoms with Crippen LogP contribution in [0.1, 0.15) is 37.8 Å². The molecule has 5 rings (SSSR count). The average molecular weight is 408 g/mol. The molecule has 29 heavy (non-hydrogen) atoms. The minimum Gasteiger partial charge on any atom is -0.390 e. The van der Waals surface area contributed by atoms with Crippen molar-refractivity contribution < 1.29 is 32.5 Å². The molecule has 4 aliphatic rings. The number of amides is 1. The third-order valence-corrected chi connectivity index (χ3v) is 7.26. The molecule has 4 aliphatic heterocycles. The summed E-state index contributed by atoms with van der Waals surface area (Å²) >= 11 is 0. The van der Waals surface area contributed by atoms with Crippen LogP contribution in [0.15, 0.2) is 18.2 Å². The quantitative estimate of drug-likeness (QED) is 0.773. The molecule has 1 spiro atoms. The van der Waals surface area contributed by atoms with E-state index < -0.39 is 58.1 Å². The number of nitriles is 1. The van der Waals surface area contributed by atoms with Gasteiger partial charge in [0.05, 0.1) is 47.3 Å². The Balaban J connectivity index is 1.67. The molecule has 1 amide bonds. The highest BCUT2D eigenvalue weighted by molar-refractivity contribution is 6.01. The number of anilines is 1. The number of rotatable bonds is 1. The first-order valence-corrected chi connectivity index (χ1v) is 9.45. The van der Waals surface area contributed by atoms with Gasteiger partial charge in [0.15, 0.2) is 5.72 Å². The number of hydrogen-bond donors (Lipinski definition) is 1. The number of halogens is 3. The normalized spacial score (nSPS) is 42.9. The number of benzene rings is 1. The van der Waals surface area contributed by atoms with E-state index in [4.69, 9.17) is 14.7 Å². The summed E-state index contributed by atoms with van der Waals surface area (Å²) < 4.78 is 52.7. The lowest BCUT2D eigenvalue weighted by molar-refractivity contribution is -0.175. The van der Waals surface area contributed by atoms with Gasteiger partial charge < -0.3 is 14.6 Å². The van der Waals surface area contributed by atoms with Crippen molar-refractivity contribution in [2.24, 2.45) is 11.8 Å². The van der Waals surface area contributed by atoms with E-state index in [0.29, 0.717) is 12.8 Å². The summed E-state index contributed by atoms with van der Waals surface area (Å²) in [4.78, 5) is 14.8. The molecule has 4 saturated heterocycles. The van der Waals surface area contributed by atoms with E-state index in [1.807, 2.05) is 0 Å². The number of aliphatic hydroxyl groups is 1. The minimum atomic E-state index is -4.74. The number of nitrogens with zero attached hydrogens (tertiary/aromatic N) is 2. The summed E-state index contributed by atoms with van der Waals surface area (Å²) in [6.45, 7) is 3.65. The van der Waals surface area contributed by atoms with E-state index >= 15 is 0 Å². The van der Waals surface area contributed by atoms with Gasteiger partial charge in [-0.1, -0.05) is 0 Å². The molecule has 0 radical (unpaired) electrons. The van der Waals surface area contributed by atoms with Gasteiger partial charge in [0.2, 0.25) is 5.91 Å². The van der Waals surface area contributed by atoms with E-state index in [1.165, 1.54) is 11.0 Å². The van der Waals surface area contributed by atoms with Crippen LogP contribution in [0, 0.1) is 23.2 Å². The molecule has 0 aliphatic carbocycles. The Bertz CT molecular complexity index is 975. The molecule has 6 nitrogen and oxygen atoms in total. The van der Waals surface area contributed by atoms with Gasteiger partial charge in [-0.2, -0.15) is 18.4 Å². The maximum atomic E-state index is 13.5. The molecule has 0 saturated carbocycles. The minimum absolute atomic E-state index is 0.0211. The van der Waals surface area contributed by atoms with Gasteiger partial charge in [-0.25, -0.2) is 0 Å². The van der Waals surface area contributed by atoms with Crippen LogP contribution in [0.25, 0.3) is 0 Å². The van der Waals surface area contributed by atoms with Crippen molar-refractivity contribution in [2.45, 2.75) is 55.9 Å². The number of carbonyl (C=O) groups is 1. The first-order chi connectivity index (χ1) is 13.5. The van der Waals surface area contributed by atoms with Gasteiger partial charge in [-0.3, -0.25) is 9.69 Å². The standard InChI is InChI=1S/C20H19F3N2O4/c1-17-13(26)8-19(29-17)5-6-28-18(2)15(19)14(17)16(27)25(18)11-4-3-10(9-24)12(7-11)20(21,22)23/h3-4,7,13-15,26H,5-6,8H2,1-2H3/t13-,14-,15+,17-,18+,19+/m0/s1. The summed E-state index contributed by atoms with van der Waals surface area (Å²) in [6.07, 6.45) is -4.69. The predicted octanol–water partition coefficient (Wildman–Crippen LogP) is 2.58. The summed E-state index contributed by atoms with van der Waals surface area (Å²) in [5.41, 5.74) is -4.63. The first kappa shape index (κ1) is 18.9. The van der Waals surface area contributed by atoms with E-state index in [2.05, 4.69) is 0 Å². The second kappa shape index (κ2) is 5.31. The van der Waals surface area contributed by atoms with Crippen molar-refractivity contribution in [3.8, 4) is 6.07 Å². The number of ether oxygens (including phenoxy) is 2. The van der Waals surface area contributed by atoms with Crippen LogP contribution in [-0.2, 0) is 20.4 Å². The fourth-order valence-electron chi connectivity index (χ4n) is 6.14. The number of alkyl halides is 3. The predicted molar refractivity (Wildman–Crippen MR) is 92.4 cm³/mol. The van der Waals surface area contributed by atoms with Crippen molar-refractivity contribution in [1.82, 2.24) is 0 Å². The smallest absolute Gasteiger partial charge is 0.390 e. The van der Waals surface area contributed by atoms with Crippen LogP contribution in [0.4, 0.5) is 18.9 Å². The summed E-state index contributed by atoms with van der Waals surface area (Å²) in [6, 6.07) is 4.79. The third-order valence-electron chi connectivity index (χ3n) is 7.26. The fourth-order valence-corrected chi connectivity index (χ4v) is 6.14. The summed E-state index contributed by atoms with van der Waals surface area (Å²) in [7, 11) is 0. The third kappa shape index (κ3) is 2.09. The Labute approximate surface area is 164 Å². The van der Waals surface area contributed by atoms with Crippen LogP contribution in [-0.4, -0.2) is 40.7 Å². The number of carbonyl (C=O) groups excluding carboxylic acids is 1. The lowest BCUT2D eigenvalue weighted by Gasteiger charge is -2.49. The number of aliphatic hydroxyl groups excluding tert-OH is 1. The molecule has 1 aromatic carbocycles. The van der Waals surface area contributed by atoms with Gasteiger partial charge in [-0.15, -0.1) is 0 Å². The maximum Gasteiger partial charge on any atom is 0.417 e. The topological polar surface area (TPSA) is 82.8 Å². The molecular weight excluding hydrogens is 389 g/mol. The molecule has 0 unspecified atom stereocenters. The van der Waals surface area contributed by atoms with Crippen molar-refractivity contribution in [2.75, 3.05) is 11.5 Å². The Kier molecular flexibility index (Phi) is 3.45. The number of fused-ring (bicyclic) bond motifs is 2. The zero-order valence-electron chi connectivity index (χ0n) is 15.8. The Morgan fingerprint density at radius 3 is 2.72 bits per heavy atom. The highest BCUT2D eigenvalue weighted by atomic mass is 19.4. The van der Waals surface area contributed by atoms with E-state index in [9.17, 15) is 23.1 Å². The Hall–Kier alpha value is -2.15. The van der Waals surface area contributed by atoms with Crippen LogP contribution in [0.5, 0.6) is 0 Å². The van der Waals surface area contributed by atoms with E-state index in [-0.39, 0.29) is 12.3 Å². The van der Waals surface area contributed by atoms with Gasteiger partial charge >= 0.3 is 6.18 Å². The van der Waals surface area contributed by atoms with Crippen LogP contribution in [0.2, 0.25) is 0 Å². The van der Waals surface area contributed by atoms with Crippen LogP contribution < -0.4 is 4.90 Å². The molecule has 0 aromatic heterocycles. The van der Waals surface area contributed by atoms with Gasteiger partial charge in [0, 0.05) is 18.5 Å². The van der Waals surface area contributed by atoms with Gasteiger partial charge in [0.25, 0.3) is 0 Å². The molecule has 154 valence electrons. The van der Waals surface area contributed by atoms with Gasteiger partial charge in [0.1, 0.15) is 5.60 Å². The van der Waals surface area contributed by atoms with Crippen LogP contribution in [0.3, 0.4) is 0 Å². The van der Waals surface area contributed by atoms with E-state index in [1.54, 1.807) is 19.9 Å². The summed E-state index contributed by atoms with van der Waals surface area (Å²) in [5, 5.41) is 19.6. The molecular formula is C20H19F3N2O4. The lowest BCUT2D eigenvalue weighted by Crippen LogP contribution is -2.60. The highest BCUT2D eigenvalue weighted by Crippen LogP contribution is 2.68. The van der Waals surface area contributed by atoms with Crippen molar-refractivity contribution in [3.63, 3.8) is 0 Å². The van der Waals surface area contributed by atoms with Crippen LogP contribution >= 0.6 is 0 Å².